The molecule has 5 nitrogen and oxygen atoms in total. The molecule has 0 bridgehead atoms. The maximum Gasteiger partial charge on any atom is 0.306 e. The van der Waals surface area contributed by atoms with Gasteiger partial charge in [-0.2, -0.15) is 0 Å². The van der Waals surface area contributed by atoms with Crippen molar-refractivity contribution in [3.05, 3.63) is 40.5 Å². The van der Waals surface area contributed by atoms with Gasteiger partial charge < -0.3 is 10.0 Å². The van der Waals surface area contributed by atoms with Gasteiger partial charge in [-0.3, -0.25) is 4.79 Å². The Kier molecular flexibility index (Phi) is 4.60. The van der Waals surface area contributed by atoms with Gasteiger partial charge in [-0.05, 0) is 39.2 Å². The Hall–Kier alpha value is -2.47. The van der Waals surface area contributed by atoms with Crippen LogP contribution in [-0.2, 0) is 4.79 Å². The summed E-state index contributed by atoms with van der Waals surface area (Å²) in [6.07, 6.45) is 1.31. The summed E-state index contributed by atoms with van der Waals surface area (Å²) in [5.41, 5.74) is 3.61. The number of fused-ring (bicyclic) bond motifs is 1. The second-order valence-electron chi connectivity index (χ2n) is 7.27. The monoisotopic (exact) mass is 381 g/mol. The third-order valence-corrected chi connectivity index (χ3v) is 6.30. The van der Waals surface area contributed by atoms with Crippen molar-refractivity contribution in [2.24, 2.45) is 5.92 Å². The second-order valence-corrected chi connectivity index (χ2v) is 8.48. The molecule has 27 heavy (non-hydrogen) atoms. The van der Waals surface area contributed by atoms with E-state index in [1.807, 2.05) is 6.92 Å². The van der Waals surface area contributed by atoms with Crippen LogP contribution in [0.15, 0.2) is 24.3 Å². The molecule has 2 aromatic heterocycles. The zero-order valence-electron chi connectivity index (χ0n) is 15.8. The highest BCUT2D eigenvalue weighted by atomic mass is 32.1. The molecular formula is C21H23N3O2S. The molecule has 6 heteroatoms. The second kappa shape index (κ2) is 6.93. The number of benzene rings is 1. The SMILES string of the molecule is Cc1ccc(-c2c(C)sc3nc(C)nc(N4CCC(C(=O)O)CC4)c23)cc1. The molecule has 1 aliphatic heterocycles. The summed E-state index contributed by atoms with van der Waals surface area (Å²) in [4.78, 5) is 25.2. The number of hydrogen-bond acceptors (Lipinski definition) is 5. The van der Waals surface area contributed by atoms with Gasteiger partial charge in [0.15, 0.2) is 0 Å². The van der Waals surface area contributed by atoms with E-state index in [1.54, 1.807) is 11.3 Å². The lowest BCUT2D eigenvalue weighted by Gasteiger charge is -2.31. The van der Waals surface area contributed by atoms with E-state index in [-0.39, 0.29) is 5.92 Å². The maximum atomic E-state index is 11.3. The highest BCUT2D eigenvalue weighted by molar-refractivity contribution is 7.19. The van der Waals surface area contributed by atoms with Crippen molar-refractivity contribution in [3.63, 3.8) is 0 Å². The molecule has 1 aliphatic rings. The first-order chi connectivity index (χ1) is 12.9. The van der Waals surface area contributed by atoms with Crippen LogP contribution in [0.1, 0.15) is 29.1 Å². The Morgan fingerprint density at radius 3 is 2.41 bits per heavy atom. The number of carbonyl (C=O) groups is 1. The Bertz CT molecular complexity index is 1000. The first-order valence-electron chi connectivity index (χ1n) is 9.26. The minimum atomic E-state index is -0.689. The van der Waals surface area contributed by atoms with Gasteiger partial charge in [-0.1, -0.05) is 29.8 Å². The van der Waals surface area contributed by atoms with Crippen molar-refractivity contribution in [1.29, 1.82) is 0 Å². The number of anilines is 1. The molecule has 1 saturated heterocycles. The molecular weight excluding hydrogens is 358 g/mol. The van der Waals surface area contributed by atoms with Crippen LogP contribution in [0.25, 0.3) is 21.3 Å². The van der Waals surface area contributed by atoms with Crippen LogP contribution in [0.5, 0.6) is 0 Å². The van der Waals surface area contributed by atoms with Gasteiger partial charge in [0.05, 0.1) is 11.3 Å². The summed E-state index contributed by atoms with van der Waals surface area (Å²) in [7, 11) is 0. The van der Waals surface area contributed by atoms with Crippen molar-refractivity contribution in [2.45, 2.75) is 33.6 Å². The van der Waals surface area contributed by atoms with E-state index in [9.17, 15) is 9.90 Å². The fourth-order valence-corrected chi connectivity index (χ4v) is 4.92. The number of hydrogen-bond donors (Lipinski definition) is 1. The molecule has 0 aliphatic carbocycles. The molecule has 0 saturated carbocycles. The molecule has 0 atom stereocenters. The third-order valence-electron chi connectivity index (χ3n) is 5.30. The number of aliphatic carboxylic acids is 1. The van der Waals surface area contributed by atoms with Gasteiger partial charge in [0.25, 0.3) is 0 Å². The molecule has 1 aromatic carbocycles. The Balaban J connectivity index is 1.83. The van der Waals surface area contributed by atoms with Crippen molar-refractivity contribution in [1.82, 2.24) is 9.97 Å². The van der Waals surface area contributed by atoms with E-state index < -0.39 is 5.97 Å². The normalized spacial score (nSPS) is 15.4. The minimum absolute atomic E-state index is 0.250. The number of thiophene rings is 1. The molecule has 140 valence electrons. The largest absolute Gasteiger partial charge is 0.481 e. The highest BCUT2D eigenvalue weighted by Crippen LogP contribution is 2.42. The van der Waals surface area contributed by atoms with E-state index in [0.717, 1.165) is 21.9 Å². The van der Waals surface area contributed by atoms with Crippen LogP contribution in [0, 0.1) is 26.7 Å². The molecule has 0 amide bonds. The average molecular weight is 382 g/mol. The lowest BCUT2D eigenvalue weighted by molar-refractivity contribution is -0.142. The molecule has 0 unspecified atom stereocenters. The standard InChI is InChI=1S/C21H23N3O2S/c1-12-4-6-15(7-5-12)17-13(2)27-20-18(17)19(22-14(3)23-20)24-10-8-16(9-11-24)21(25)26/h4-7,16H,8-11H2,1-3H3,(H,25,26). The van der Waals surface area contributed by atoms with E-state index in [2.05, 4.69) is 48.0 Å². The quantitative estimate of drug-likeness (QED) is 0.719. The first kappa shape index (κ1) is 17.9. The fraction of sp³-hybridized carbons (Fsp3) is 0.381. The Labute approximate surface area is 162 Å². The van der Waals surface area contributed by atoms with E-state index in [0.29, 0.717) is 25.9 Å². The predicted octanol–water partition coefficient (Wildman–Crippen LogP) is 4.58. The highest BCUT2D eigenvalue weighted by Gasteiger charge is 2.28. The lowest BCUT2D eigenvalue weighted by Crippen LogP contribution is -2.37. The molecule has 3 heterocycles. The minimum Gasteiger partial charge on any atom is -0.481 e. The van der Waals surface area contributed by atoms with Crippen LogP contribution in [0.3, 0.4) is 0 Å². The summed E-state index contributed by atoms with van der Waals surface area (Å²) in [6.45, 7) is 7.58. The molecule has 1 N–H and O–H groups in total. The molecule has 4 rings (SSSR count). The smallest absolute Gasteiger partial charge is 0.306 e. The van der Waals surface area contributed by atoms with Gasteiger partial charge in [0.2, 0.25) is 0 Å². The molecule has 0 spiro atoms. The van der Waals surface area contributed by atoms with Crippen LogP contribution in [0.2, 0.25) is 0 Å². The summed E-state index contributed by atoms with van der Waals surface area (Å²) in [6, 6.07) is 8.57. The van der Waals surface area contributed by atoms with Gasteiger partial charge in [-0.25, -0.2) is 9.97 Å². The summed E-state index contributed by atoms with van der Waals surface area (Å²) in [5, 5.41) is 10.4. The number of piperidine rings is 1. The van der Waals surface area contributed by atoms with Crippen molar-refractivity contribution in [3.8, 4) is 11.1 Å². The number of carboxylic acids is 1. The molecule has 1 fully saturated rings. The van der Waals surface area contributed by atoms with E-state index >= 15 is 0 Å². The van der Waals surface area contributed by atoms with Crippen molar-refractivity contribution >= 4 is 33.3 Å². The predicted molar refractivity (Wildman–Crippen MR) is 110 cm³/mol. The number of nitrogens with zero attached hydrogens (tertiary/aromatic N) is 3. The number of aromatic nitrogens is 2. The Morgan fingerprint density at radius 2 is 1.78 bits per heavy atom. The number of carboxylic acid groups (broad SMARTS) is 1. The van der Waals surface area contributed by atoms with Crippen LogP contribution in [0.4, 0.5) is 5.82 Å². The average Bonchev–Trinajstić information content (AvgIpc) is 2.97. The van der Waals surface area contributed by atoms with Gasteiger partial charge >= 0.3 is 5.97 Å². The topological polar surface area (TPSA) is 66.3 Å². The van der Waals surface area contributed by atoms with Crippen LogP contribution in [-0.4, -0.2) is 34.1 Å². The van der Waals surface area contributed by atoms with Gasteiger partial charge in [0, 0.05) is 23.5 Å². The summed E-state index contributed by atoms with van der Waals surface area (Å²) in [5.74, 6) is 0.765. The maximum absolute atomic E-state index is 11.3. The van der Waals surface area contributed by atoms with E-state index in [1.165, 1.54) is 21.6 Å². The number of rotatable bonds is 3. The van der Waals surface area contributed by atoms with E-state index in [4.69, 9.17) is 4.98 Å². The lowest BCUT2D eigenvalue weighted by atomic mass is 9.96. The molecule has 3 aromatic rings. The van der Waals surface area contributed by atoms with Crippen molar-refractivity contribution < 1.29 is 9.90 Å². The Morgan fingerprint density at radius 1 is 1.11 bits per heavy atom. The van der Waals surface area contributed by atoms with Gasteiger partial charge in [-0.15, -0.1) is 11.3 Å². The van der Waals surface area contributed by atoms with Crippen LogP contribution < -0.4 is 4.90 Å². The zero-order valence-corrected chi connectivity index (χ0v) is 16.6. The third kappa shape index (κ3) is 3.30. The fourth-order valence-electron chi connectivity index (χ4n) is 3.83. The van der Waals surface area contributed by atoms with Crippen LogP contribution >= 0.6 is 11.3 Å². The molecule has 0 radical (unpaired) electrons. The summed E-state index contributed by atoms with van der Waals surface area (Å²) >= 11 is 1.70. The first-order valence-corrected chi connectivity index (χ1v) is 10.1. The zero-order chi connectivity index (χ0) is 19.1. The van der Waals surface area contributed by atoms with Crippen molar-refractivity contribution in [2.75, 3.05) is 18.0 Å². The number of aryl methyl sites for hydroxylation is 3. The van der Waals surface area contributed by atoms with Gasteiger partial charge in [0.1, 0.15) is 16.5 Å². The summed E-state index contributed by atoms with van der Waals surface area (Å²) < 4.78 is 0.